The van der Waals surface area contributed by atoms with E-state index in [-0.39, 0.29) is 18.7 Å². The first-order chi connectivity index (χ1) is 11.3. The van der Waals surface area contributed by atoms with E-state index in [1.54, 1.807) is 6.20 Å². The second-order valence-corrected chi connectivity index (χ2v) is 6.17. The maximum Gasteiger partial charge on any atom is 0.315 e. The molecule has 1 aromatic heterocycles. The lowest BCUT2D eigenvalue weighted by Crippen LogP contribution is -2.43. The number of aliphatic hydroxyl groups excluding tert-OH is 1. The summed E-state index contributed by atoms with van der Waals surface area (Å²) in [6.07, 6.45) is 5.75. The van der Waals surface area contributed by atoms with Crippen molar-refractivity contribution in [1.82, 2.24) is 15.6 Å². The highest BCUT2D eigenvalue weighted by atomic mass is 16.3. The molecule has 1 saturated carbocycles. The molecule has 0 radical (unpaired) electrons. The van der Waals surface area contributed by atoms with Gasteiger partial charge in [0, 0.05) is 30.8 Å². The lowest BCUT2D eigenvalue weighted by atomic mass is 10.0. The number of aliphatic hydroxyl groups is 1. The van der Waals surface area contributed by atoms with E-state index in [0.29, 0.717) is 12.5 Å². The zero-order valence-electron chi connectivity index (χ0n) is 13.2. The Morgan fingerprint density at radius 1 is 1.30 bits per heavy atom. The maximum atomic E-state index is 12.1. The van der Waals surface area contributed by atoms with E-state index >= 15 is 0 Å². The highest BCUT2D eigenvalue weighted by Gasteiger charge is 2.27. The molecular weight excluding hydrogens is 290 g/mol. The molecule has 2 atom stereocenters. The molecule has 5 nitrogen and oxygen atoms in total. The van der Waals surface area contributed by atoms with Gasteiger partial charge in [-0.05, 0) is 48.9 Å². The number of nitrogens with one attached hydrogen (secondary N) is 2. The topological polar surface area (TPSA) is 74.2 Å². The second-order valence-electron chi connectivity index (χ2n) is 6.17. The van der Waals surface area contributed by atoms with Crippen LogP contribution in [-0.4, -0.2) is 28.8 Å². The van der Waals surface area contributed by atoms with Gasteiger partial charge in [-0.25, -0.2) is 4.79 Å². The zero-order valence-corrected chi connectivity index (χ0v) is 13.2. The molecule has 3 N–H and O–H groups in total. The van der Waals surface area contributed by atoms with Gasteiger partial charge >= 0.3 is 6.03 Å². The number of urea groups is 1. The first kappa shape index (κ1) is 15.7. The molecule has 122 valence electrons. The molecule has 1 fully saturated rings. The maximum absolute atomic E-state index is 12.1. The molecule has 1 aromatic carbocycles. The number of hydrogen-bond acceptors (Lipinski definition) is 3. The predicted octanol–water partition coefficient (Wildman–Crippen LogP) is 2.59. The molecule has 0 saturated heterocycles. The number of fused-ring (bicyclic) bond motifs is 1. The van der Waals surface area contributed by atoms with Crippen LogP contribution in [0, 0.1) is 5.92 Å². The van der Waals surface area contributed by atoms with Gasteiger partial charge in [-0.15, -0.1) is 0 Å². The fraction of sp³-hybridized carbons (Fsp3) is 0.444. The van der Waals surface area contributed by atoms with Crippen LogP contribution in [0.4, 0.5) is 4.79 Å². The van der Waals surface area contributed by atoms with Gasteiger partial charge in [0.2, 0.25) is 0 Å². The molecule has 3 rings (SSSR count). The molecule has 0 spiro atoms. The summed E-state index contributed by atoms with van der Waals surface area (Å²) in [4.78, 5) is 16.4. The average Bonchev–Trinajstić information content (AvgIpc) is 3.00. The molecule has 0 bridgehead atoms. The minimum Gasteiger partial charge on any atom is -0.396 e. The summed E-state index contributed by atoms with van der Waals surface area (Å²) >= 11 is 0. The summed E-state index contributed by atoms with van der Waals surface area (Å²) in [7, 11) is 0. The molecule has 0 aliphatic heterocycles. The number of carbonyl (C=O) groups excluding carboxylic acids is 1. The van der Waals surface area contributed by atoms with Crippen molar-refractivity contribution in [2.45, 2.75) is 38.3 Å². The number of carbonyl (C=O) groups is 1. The van der Waals surface area contributed by atoms with Crippen LogP contribution in [0.2, 0.25) is 0 Å². The minimum atomic E-state index is -0.133. The second kappa shape index (κ2) is 7.42. The Hall–Kier alpha value is -2.14. The Balaban J connectivity index is 1.53. The van der Waals surface area contributed by atoms with E-state index in [2.05, 4.69) is 15.6 Å². The smallest absolute Gasteiger partial charge is 0.315 e. The lowest BCUT2D eigenvalue weighted by Gasteiger charge is -2.20. The molecule has 23 heavy (non-hydrogen) atoms. The molecule has 1 heterocycles. The molecule has 2 amide bonds. The average molecular weight is 313 g/mol. The third-order valence-electron chi connectivity index (χ3n) is 4.60. The highest BCUT2D eigenvalue weighted by Crippen LogP contribution is 2.28. The minimum absolute atomic E-state index is 0.133. The van der Waals surface area contributed by atoms with Crippen LogP contribution in [0.3, 0.4) is 0 Å². The van der Waals surface area contributed by atoms with Crippen LogP contribution in [-0.2, 0) is 6.54 Å². The molecule has 2 aromatic rings. The summed E-state index contributed by atoms with van der Waals surface area (Å²) in [5.41, 5.74) is 2.01. The number of rotatable bonds is 5. The van der Waals surface area contributed by atoms with Crippen LogP contribution >= 0.6 is 0 Å². The lowest BCUT2D eigenvalue weighted by molar-refractivity contribution is 0.221. The fourth-order valence-corrected chi connectivity index (χ4v) is 3.38. The van der Waals surface area contributed by atoms with E-state index in [1.807, 2.05) is 30.3 Å². The Morgan fingerprint density at radius 2 is 2.22 bits per heavy atom. The fourth-order valence-electron chi connectivity index (χ4n) is 3.38. The van der Waals surface area contributed by atoms with E-state index in [1.165, 1.54) is 0 Å². The summed E-state index contributed by atoms with van der Waals surface area (Å²) < 4.78 is 0. The van der Waals surface area contributed by atoms with E-state index < -0.39 is 0 Å². The van der Waals surface area contributed by atoms with Gasteiger partial charge in [0.1, 0.15) is 0 Å². The van der Waals surface area contributed by atoms with Crippen LogP contribution in [0.15, 0.2) is 36.5 Å². The van der Waals surface area contributed by atoms with Gasteiger partial charge in [-0.3, -0.25) is 4.98 Å². The normalized spacial score (nSPS) is 20.6. The van der Waals surface area contributed by atoms with Crippen LogP contribution in [0.25, 0.3) is 10.9 Å². The third-order valence-corrected chi connectivity index (χ3v) is 4.60. The summed E-state index contributed by atoms with van der Waals surface area (Å²) in [6, 6.07) is 9.98. The first-order valence-corrected chi connectivity index (χ1v) is 8.25. The molecule has 2 unspecified atom stereocenters. The first-order valence-electron chi connectivity index (χ1n) is 8.25. The van der Waals surface area contributed by atoms with E-state index in [4.69, 9.17) is 5.11 Å². The van der Waals surface area contributed by atoms with Gasteiger partial charge in [0.15, 0.2) is 0 Å². The van der Waals surface area contributed by atoms with Crippen molar-refractivity contribution in [1.29, 1.82) is 0 Å². The highest BCUT2D eigenvalue weighted by molar-refractivity contribution is 5.79. The number of aromatic nitrogens is 1. The van der Waals surface area contributed by atoms with Crippen molar-refractivity contribution in [3.8, 4) is 0 Å². The Morgan fingerprint density at radius 3 is 3.09 bits per heavy atom. The SMILES string of the molecule is O=C(NCc1ccc2ncccc2c1)NC1CCCC1CCO. The summed E-state index contributed by atoms with van der Waals surface area (Å²) in [6.45, 7) is 0.684. The number of benzene rings is 1. The number of hydrogen-bond donors (Lipinski definition) is 3. The van der Waals surface area contributed by atoms with Crippen molar-refractivity contribution in [3.05, 3.63) is 42.1 Å². The summed E-state index contributed by atoms with van der Waals surface area (Å²) in [5, 5.41) is 16.1. The monoisotopic (exact) mass is 313 g/mol. The largest absolute Gasteiger partial charge is 0.396 e. The van der Waals surface area contributed by atoms with Crippen molar-refractivity contribution in [2.75, 3.05) is 6.61 Å². The van der Waals surface area contributed by atoms with Crippen molar-refractivity contribution in [3.63, 3.8) is 0 Å². The van der Waals surface area contributed by atoms with Crippen molar-refractivity contribution in [2.24, 2.45) is 5.92 Å². The van der Waals surface area contributed by atoms with Crippen LogP contribution in [0.5, 0.6) is 0 Å². The van der Waals surface area contributed by atoms with Crippen LogP contribution < -0.4 is 10.6 Å². The third kappa shape index (κ3) is 3.99. The zero-order chi connectivity index (χ0) is 16.1. The Kier molecular flexibility index (Phi) is 5.08. The van der Waals surface area contributed by atoms with Gasteiger partial charge in [-0.2, -0.15) is 0 Å². The molecular formula is C18H23N3O2. The van der Waals surface area contributed by atoms with Gasteiger partial charge < -0.3 is 15.7 Å². The quantitative estimate of drug-likeness (QED) is 0.794. The predicted molar refractivity (Wildman–Crippen MR) is 89.9 cm³/mol. The molecule has 1 aliphatic carbocycles. The van der Waals surface area contributed by atoms with Crippen molar-refractivity contribution < 1.29 is 9.90 Å². The van der Waals surface area contributed by atoms with Gasteiger partial charge in [0.25, 0.3) is 0 Å². The summed E-state index contributed by atoms with van der Waals surface area (Å²) in [5.74, 6) is 0.400. The van der Waals surface area contributed by atoms with E-state index in [9.17, 15) is 4.79 Å². The Bertz CT molecular complexity index is 674. The standard InChI is InChI=1S/C18H23N3O2/c22-10-8-14-3-1-5-17(14)21-18(23)20-12-13-6-7-16-15(11-13)4-2-9-19-16/h2,4,6-7,9,11,14,17,22H,1,3,5,8,10,12H2,(H2,20,21,23). The molecule has 5 heteroatoms. The Labute approximate surface area is 136 Å². The number of nitrogens with zero attached hydrogens (tertiary/aromatic N) is 1. The number of pyridine rings is 1. The van der Waals surface area contributed by atoms with Crippen molar-refractivity contribution >= 4 is 16.9 Å². The molecule has 1 aliphatic rings. The van der Waals surface area contributed by atoms with Gasteiger partial charge in [0.05, 0.1) is 5.52 Å². The van der Waals surface area contributed by atoms with E-state index in [0.717, 1.165) is 42.1 Å². The van der Waals surface area contributed by atoms with Crippen LogP contribution in [0.1, 0.15) is 31.2 Å². The number of amides is 2. The van der Waals surface area contributed by atoms with Gasteiger partial charge in [-0.1, -0.05) is 18.6 Å².